The molecule has 186 valence electrons. The summed E-state index contributed by atoms with van der Waals surface area (Å²) in [5.41, 5.74) is 4.60. The summed E-state index contributed by atoms with van der Waals surface area (Å²) < 4.78 is -2.64. The van der Waals surface area contributed by atoms with Crippen LogP contribution in [0.4, 0.5) is 0 Å². The SMILES string of the molecule is CCCc1ccc(C2CCC(c3ccccc3P(C)(I)(c3ccccc3)c3ccccc3)CC2)cc1. The van der Waals surface area contributed by atoms with E-state index in [9.17, 15) is 0 Å². The van der Waals surface area contributed by atoms with E-state index in [0.29, 0.717) is 11.8 Å². The number of rotatable bonds is 7. The van der Waals surface area contributed by atoms with E-state index in [2.05, 4.69) is 145 Å². The summed E-state index contributed by atoms with van der Waals surface area (Å²) in [5.74, 6) is 1.32. The van der Waals surface area contributed by atoms with Crippen molar-refractivity contribution in [3.63, 3.8) is 0 Å². The van der Waals surface area contributed by atoms with Crippen molar-refractivity contribution in [1.82, 2.24) is 0 Å². The van der Waals surface area contributed by atoms with Crippen molar-refractivity contribution in [1.29, 1.82) is 0 Å². The van der Waals surface area contributed by atoms with Gasteiger partial charge < -0.3 is 0 Å². The Bertz CT molecular complexity index is 1230. The molecule has 0 unspecified atom stereocenters. The fourth-order valence-corrected chi connectivity index (χ4v) is 13.5. The monoisotopic (exact) mass is 604 g/mol. The quantitative estimate of drug-likeness (QED) is 0.146. The summed E-state index contributed by atoms with van der Waals surface area (Å²) in [6.07, 6.45) is 7.50. The van der Waals surface area contributed by atoms with Crippen molar-refractivity contribution in [2.75, 3.05) is 6.66 Å². The van der Waals surface area contributed by atoms with Gasteiger partial charge in [-0.05, 0) is 0 Å². The normalized spacial score (nSPS) is 19.4. The summed E-state index contributed by atoms with van der Waals surface area (Å²) in [6, 6.07) is 41.5. The van der Waals surface area contributed by atoms with Gasteiger partial charge in [0, 0.05) is 0 Å². The molecule has 1 aliphatic rings. The van der Waals surface area contributed by atoms with Crippen molar-refractivity contribution < 1.29 is 0 Å². The maximum atomic E-state index is 2.88. The molecule has 5 rings (SSSR count). The van der Waals surface area contributed by atoms with Gasteiger partial charge in [-0.2, -0.15) is 0 Å². The van der Waals surface area contributed by atoms with Crippen molar-refractivity contribution >= 4 is 42.2 Å². The molecular formula is C34H38IP. The third-order valence-electron chi connectivity index (χ3n) is 8.41. The third-order valence-corrected chi connectivity index (χ3v) is 17.9. The summed E-state index contributed by atoms with van der Waals surface area (Å²) in [5, 5.41) is 4.49. The average molecular weight is 605 g/mol. The van der Waals surface area contributed by atoms with Crippen LogP contribution in [0.15, 0.2) is 109 Å². The second-order valence-corrected chi connectivity index (χ2v) is 22.3. The predicted molar refractivity (Wildman–Crippen MR) is 169 cm³/mol. The molecule has 4 aromatic rings. The Morgan fingerprint density at radius 3 is 1.69 bits per heavy atom. The van der Waals surface area contributed by atoms with Crippen LogP contribution >= 0.6 is 26.3 Å². The van der Waals surface area contributed by atoms with Gasteiger partial charge >= 0.3 is 225 Å². The standard InChI is InChI=1S/C34H38IP/c1-3-12-27-19-21-28(22-20-27)29-23-25-30(26-24-29)33-17-10-11-18-34(33)36(2,35,31-13-6-4-7-14-31)32-15-8-5-9-16-32/h4-11,13-22,29-30H,3,12,23-26H2,1-2H3. The Morgan fingerprint density at radius 2 is 1.14 bits per heavy atom. The first-order chi connectivity index (χ1) is 17.5. The Kier molecular flexibility index (Phi) is 7.70. The summed E-state index contributed by atoms with van der Waals surface area (Å²) in [7, 11) is 0. The molecule has 2 heteroatoms. The number of aryl methyl sites for hydroxylation is 1. The van der Waals surface area contributed by atoms with Crippen LogP contribution in [-0.4, -0.2) is 6.66 Å². The summed E-state index contributed by atoms with van der Waals surface area (Å²) in [4.78, 5) is 0. The van der Waals surface area contributed by atoms with E-state index in [1.807, 2.05) is 0 Å². The zero-order valence-corrected chi connectivity index (χ0v) is 24.7. The van der Waals surface area contributed by atoms with Crippen LogP contribution in [0.25, 0.3) is 0 Å². The van der Waals surface area contributed by atoms with Crippen LogP contribution in [0.1, 0.15) is 67.6 Å². The van der Waals surface area contributed by atoms with Gasteiger partial charge in [-0.25, -0.2) is 0 Å². The molecule has 4 aromatic carbocycles. The molecule has 0 amide bonds. The molecule has 1 aliphatic carbocycles. The molecule has 0 aromatic heterocycles. The van der Waals surface area contributed by atoms with E-state index in [1.54, 1.807) is 16.4 Å². The summed E-state index contributed by atoms with van der Waals surface area (Å²) in [6.45, 7) is 4.81. The predicted octanol–water partition coefficient (Wildman–Crippen LogP) is 8.89. The zero-order valence-electron chi connectivity index (χ0n) is 21.6. The van der Waals surface area contributed by atoms with E-state index < -0.39 is 4.25 Å². The van der Waals surface area contributed by atoms with Crippen LogP contribution in [0.2, 0.25) is 0 Å². The molecule has 0 nitrogen and oxygen atoms in total. The van der Waals surface area contributed by atoms with E-state index in [1.165, 1.54) is 54.7 Å². The van der Waals surface area contributed by atoms with Crippen LogP contribution in [0, 0.1) is 0 Å². The van der Waals surface area contributed by atoms with Crippen LogP contribution in [0.3, 0.4) is 0 Å². The minimum atomic E-state index is -2.64. The molecule has 0 aliphatic heterocycles. The second-order valence-electron chi connectivity index (χ2n) is 10.7. The second kappa shape index (κ2) is 10.8. The van der Waals surface area contributed by atoms with Crippen LogP contribution < -0.4 is 15.9 Å². The Labute approximate surface area is 231 Å². The van der Waals surface area contributed by atoms with Gasteiger partial charge in [0.15, 0.2) is 0 Å². The first-order valence-electron chi connectivity index (χ1n) is 13.5. The molecule has 1 fully saturated rings. The Balaban J connectivity index is 1.49. The van der Waals surface area contributed by atoms with Gasteiger partial charge in [-0.15, -0.1) is 0 Å². The topological polar surface area (TPSA) is 0 Å². The average Bonchev–Trinajstić information content (AvgIpc) is 2.95. The minimum absolute atomic E-state index is 0.625. The van der Waals surface area contributed by atoms with Crippen molar-refractivity contribution in [3.05, 3.63) is 126 Å². The number of benzene rings is 4. The molecule has 36 heavy (non-hydrogen) atoms. The Morgan fingerprint density at radius 1 is 0.639 bits per heavy atom. The van der Waals surface area contributed by atoms with Crippen molar-refractivity contribution in [2.45, 2.75) is 57.3 Å². The van der Waals surface area contributed by atoms with Gasteiger partial charge in [-0.1, -0.05) is 6.92 Å². The molecule has 0 saturated heterocycles. The van der Waals surface area contributed by atoms with E-state index in [0.717, 1.165) is 0 Å². The zero-order chi connectivity index (χ0) is 25.0. The first-order valence-corrected chi connectivity index (χ1v) is 19.0. The molecule has 0 heterocycles. The Hall–Kier alpha value is -1.96. The first kappa shape index (κ1) is 25.7. The molecular weight excluding hydrogens is 566 g/mol. The molecule has 0 N–H and O–H groups in total. The molecule has 0 atom stereocenters. The number of halogens is 1. The van der Waals surface area contributed by atoms with Gasteiger partial charge in [0.2, 0.25) is 0 Å². The van der Waals surface area contributed by atoms with Crippen molar-refractivity contribution in [3.8, 4) is 0 Å². The maximum absolute atomic E-state index is 2.88. The van der Waals surface area contributed by atoms with Crippen LogP contribution in [0.5, 0.6) is 0 Å². The third kappa shape index (κ3) is 4.82. The van der Waals surface area contributed by atoms with E-state index in [-0.39, 0.29) is 0 Å². The van der Waals surface area contributed by atoms with Crippen LogP contribution in [-0.2, 0) is 6.42 Å². The van der Waals surface area contributed by atoms with Gasteiger partial charge in [0.25, 0.3) is 0 Å². The molecule has 0 bridgehead atoms. The molecule has 1 saturated carbocycles. The number of hydrogen-bond donors (Lipinski definition) is 0. The van der Waals surface area contributed by atoms with Gasteiger partial charge in [0.05, 0.1) is 0 Å². The molecule has 0 radical (unpaired) electrons. The fraction of sp³-hybridized carbons (Fsp3) is 0.294. The molecule has 0 spiro atoms. The summed E-state index contributed by atoms with van der Waals surface area (Å²) >= 11 is 2.88. The van der Waals surface area contributed by atoms with Gasteiger partial charge in [0.1, 0.15) is 0 Å². The van der Waals surface area contributed by atoms with E-state index in [4.69, 9.17) is 0 Å². The van der Waals surface area contributed by atoms with Crippen molar-refractivity contribution in [2.24, 2.45) is 0 Å². The van der Waals surface area contributed by atoms with Gasteiger partial charge in [-0.3, -0.25) is 0 Å². The fourth-order valence-electron chi connectivity index (χ4n) is 6.29. The van der Waals surface area contributed by atoms with E-state index >= 15 is 0 Å². The number of hydrogen-bond acceptors (Lipinski definition) is 0.